The number of amides is 2. The van der Waals surface area contributed by atoms with E-state index < -0.39 is 5.91 Å². The first-order valence-electron chi connectivity index (χ1n) is 8.65. The minimum atomic E-state index is -0.627. The normalized spacial score (nSPS) is 17.8. The number of rotatable bonds is 5. The average Bonchev–Trinajstić information content (AvgIpc) is 2.58. The highest BCUT2D eigenvalue weighted by atomic mass is 35.5. The van der Waals surface area contributed by atoms with E-state index in [1.54, 1.807) is 4.90 Å². The molecule has 1 aromatic rings. The number of anilines is 1. The minimum absolute atomic E-state index is 0.113. The molecule has 0 aromatic heterocycles. The van der Waals surface area contributed by atoms with E-state index >= 15 is 0 Å². The van der Waals surface area contributed by atoms with Gasteiger partial charge >= 0.3 is 0 Å². The lowest BCUT2D eigenvalue weighted by Gasteiger charge is -2.36. The van der Waals surface area contributed by atoms with E-state index in [1.165, 1.54) is 0 Å². The zero-order valence-corrected chi connectivity index (χ0v) is 14.8. The summed E-state index contributed by atoms with van der Waals surface area (Å²) in [7, 11) is 0. The zero-order valence-electron chi connectivity index (χ0n) is 14.0. The lowest BCUT2D eigenvalue weighted by atomic mass is 9.82. The number of nitrogens with zero attached hydrogens (tertiary/aromatic N) is 2. The molecule has 1 N–H and O–H groups in total. The van der Waals surface area contributed by atoms with Gasteiger partial charge in [-0.25, -0.2) is 0 Å². The molecule has 0 unspecified atom stereocenters. The first-order valence-corrected chi connectivity index (χ1v) is 9.03. The van der Waals surface area contributed by atoms with Crippen molar-refractivity contribution >= 4 is 34.9 Å². The van der Waals surface area contributed by atoms with Gasteiger partial charge in [0.2, 0.25) is 11.7 Å². The molecule has 2 aliphatic rings. The molecule has 1 aromatic carbocycles. The molecule has 3 rings (SSSR count). The Bertz CT molecular complexity index is 650. The van der Waals surface area contributed by atoms with Crippen molar-refractivity contribution in [2.24, 2.45) is 5.92 Å². The van der Waals surface area contributed by atoms with Gasteiger partial charge in [0.05, 0.1) is 6.54 Å². The summed E-state index contributed by atoms with van der Waals surface area (Å²) in [4.78, 5) is 39.7. The van der Waals surface area contributed by atoms with Crippen molar-refractivity contribution in [1.82, 2.24) is 10.2 Å². The smallest absolute Gasteiger partial charge is 0.288 e. The molecule has 134 valence electrons. The van der Waals surface area contributed by atoms with Crippen molar-refractivity contribution in [3.05, 3.63) is 29.3 Å². The Hall–Kier alpha value is -2.08. The fourth-order valence-corrected chi connectivity index (χ4v) is 3.20. The van der Waals surface area contributed by atoms with E-state index in [0.29, 0.717) is 18.1 Å². The molecule has 25 heavy (non-hydrogen) atoms. The number of piperazine rings is 1. The van der Waals surface area contributed by atoms with Crippen molar-refractivity contribution in [3.63, 3.8) is 0 Å². The first-order chi connectivity index (χ1) is 12.0. The number of benzene rings is 1. The predicted molar refractivity (Wildman–Crippen MR) is 95.6 cm³/mol. The maximum atomic E-state index is 12.2. The van der Waals surface area contributed by atoms with Crippen LogP contribution in [0.3, 0.4) is 0 Å². The van der Waals surface area contributed by atoms with Gasteiger partial charge in [-0.2, -0.15) is 0 Å². The Morgan fingerprint density at radius 2 is 1.68 bits per heavy atom. The summed E-state index contributed by atoms with van der Waals surface area (Å²) < 4.78 is 0. The topological polar surface area (TPSA) is 69.7 Å². The Morgan fingerprint density at radius 3 is 2.24 bits per heavy atom. The standard InChI is InChI=1S/C18H22ClN3O3/c19-14-4-6-15(7-5-14)21-8-10-22(11-9-21)16(23)12-20-18(25)17(24)13-2-1-3-13/h4-7,13H,1-3,8-12H2,(H,20,25). The number of Topliss-reactive ketones (excluding diaryl/α,β-unsaturated/α-hetero) is 1. The number of carbonyl (C=O) groups is 3. The van der Waals surface area contributed by atoms with E-state index in [0.717, 1.165) is 38.0 Å². The average molecular weight is 364 g/mol. The van der Waals surface area contributed by atoms with E-state index in [1.807, 2.05) is 24.3 Å². The lowest BCUT2D eigenvalue weighted by Crippen LogP contribution is -2.52. The highest BCUT2D eigenvalue weighted by Crippen LogP contribution is 2.27. The molecule has 7 heteroatoms. The van der Waals surface area contributed by atoms with Crippen LogP contribution in [-0.4, -0.2) is 55.2 Å². The highest BCUT2D eigenvalue weighted by molar-refractivity contribution is 6.37. The number of halogens is 1. The van der Waals surface area contributed by atoms with Gasteiger partial charge in [0.1, 0.15) is 0 Å². The molecule has 1 aliphatic heterocycles. The van der Waals surface area contributed by atoms with Gasteiger partial charge in [-0.3, -0.25) is 14.4 Å². The van der Waals surface area contributed by atoms with E-state index in [9.17, 15) is 14.4 Å². The van der Waals surface area contributed by atoms with Gasteiger partial charge in [-0.15, -0.1) is 0 Å². The fraction of sp³-hybridized carbons (Fsp3) is 0.500. The van der Waals surface area contributed by atoms with Crippen molar-refractivity contribution < 1.29 is 14.4 Å². The molecule has 0 bridgehead atoms. The fourth-order valence-electron chi connectivity index (χ4n) is 3.08. The summed E-state index contributed by atoms with van der Waals surface area (Å²) in [5.74, 6) is -1.30. The molecule has 1 saturated heterocycles. The van der Waals surface area contributed by atoms with E-state index in [4.69, 9.17) is 11.6 Å². The van der Waals surface area contributed by atoms with Crippen LogP contribution in [0.5, 0.6) is 0 Å². The maximum Gasteiger partial charge on any atom is 0.288 e. The number of carbonyl (C=O) groups excluding carboxylic acids is 3. The van der Waals surface area contributed by atoms with Crippen LogP contribution in [0.2, 0.25) is 5.02 Å². The van der Waals surface area contributed by atoms with E-state index in [-0.39, 0.29) is 24.2 Å². The van der Waals surface area contributed by atoms with E-state index in [2.05, 4.69) is 10.2 Å². The zero-order chi connectivity index (χ0) is 17.8. The third-order valence-electron chi connectivity index (χ3n) is 4.92. The van der Waals surface area contributed by atoms with Crippen LogP contribution in [0.1, 0.15) is 19.3 Å². The highest BCUT2D eigenvalue weighted by Gasteiger charge is 2.30. The summed E-state index contributed by atoms with van der Waals surface area (Å²) >= 11 is 5.90. The summed E-state index contributed by atoms with van der Waals surface area (Å²) in [6.07, 6.45) is 2.57. The van der Waals surface area contributed by atoms with Gasteiger partial charge in [0, 0.05) is 42.8 Å². The van der Waals surface area contributed by atoms with Crippen molar-refractivity contribution in [3.8, 4) is 0 Å². The van der Waals surface area contributed by atoms with Crippen LogP contribution in [0, 0.1) is 5.92 Å². The van der Waals surface area contributed by atoms with Gasteiger partial charge in [0.25, 0.3) is 5.91 Å². The Labute approximate surface area is 152 Å². The molecular formula is C18H22ClN3O3. The summed E-state index contributed by atoms with van der Waals surface area (Å²) in [5, 5.41) is 3.17. The molecule has 0 radical (unpaired) electrons. The molecular weight excluding hydrogens is 342 g/mol. The molecule has 2 fully saturated rings. The van der Waals surface area contributed by atoms with Crippen LogP contribution >= 0.6 is 11.6 Å². The van der Waals surface area contributed by atoms with Crippen LogP contribution < -0.4 is 10.2 Å². The quantitative estimate of drug-likeness (QED) is 0.804. The van der Waals surface area contributed by atoms with Crippen LogP contribution in [0.25, 0.3) is 0 Å². The predicted octanol–water partition coefficient (Wildman–Crippen LogP) is 1.47. The van der Waals surface area contributed by atoms with Gasteiger partial charge < -0.3 is 15.1 Å². The number of nitrogens with one attached hydrogen (secondary N) is 1. The number of hydrogen-bond donors (Lipinski definition) is 1. The third kappa shape index (κ3) is 4.31. The second-order valence-corrected chi connectivity index (χ2v) is 6.96. The SMILES string of the molecule is O=C(NCC(=O)N1CCN(c2ccc(Cl)cc2)CC1)C(=O)C1CCC1. The summed E-state index contributed by atoms with van der Waals surface area (Å²) in [6, 6.07) is 7.63. The van der Waals surface area contributed by atoms with Crippen molar-refractivity contribution in [1.29, 1.82) is 0 Å². The Balaban J connectivity index is 1.42. The molecule has 0 spiro atoms. The molecule has 6 nitrogen and oxygen atoms in total. The molecule has 1 heterocycles. The second kappa shape index (κ2) is 7.87. The van der Waals surface area contributed by atoms with Crippen LogP contribution in [-0.2, 0) is 14.4 Å². The molecule has 1 aliphatic carbocycles. The van der Waals surface area contributed by atoms with Gasteiger partial charge in [-0.05, 0) is 37.1 Å². The Morgan fingerprint density at radius 1 is 1.04 bits per heavy atom. The molecule has 2 amide bonds. The largest absolute Gasteiger partial charge is 0.368 e. The number of hydrogen-bond acceptors (Lipinski definition) is 4. The molecule has 0 atom stereocenters. The van der Waals surface area contributed by atoms with Crippen molar-refractivity contribution in [2.45, 2.75) is 19.3 Å². The first kappa shape index (κ1) is 17.7. The minimum Gasteiger partial charge on any atom is -0.368 e. The second-order valence-electron chi connectivity index (χ2n) is 6.52. The van der Waals surface area contributed by atoms with Crippen molar-refractivity contribution in [2.75, 3.05) is 37.6 Å². The lowest BCUT2D eigenvalue weighted by molar-refractivity contribution is -0.142. The maximum absolute atomic E-state index is 12.2. The monoisotopic (exact) mass is 363 g/mol. The van der Waals surface area contributed by atoms with Crippen LogP contribution in [0.15, 0.2) is 24.3 Å². The Kier molecular flexibility index (Phi) is 5.58. The number of ketones is 1. The van der Waals surface area contributed by atoms with Gasteiger partial charge in [-0.1, -0.05) is 18.0 Å². The summed E-state index contributed by atoms with van der Waals surface area (Å²) in [5.41, 5.74) is 1.08. The third-order valence-corrected chi connectivity index (χ3v) is 5.18. The molecule has 1 saturated carbocycles. The van der Waals surface area contributed by atoms with Gasteiger partial charge in [0.15, 0.2) is 0 Å². The van der Waals surface area contributed by atoms with Crippen LogP contribution in [0.4, 0.5) is 5.69 Å². The summed E-state index contributed by atoms with van der Waals surface area (Å²) in [6.45, 7) is 2.52.